The van der Waals surface area contributed by atoms with Crippen LogP contribution in [-0.2, 0) is 10.0 Å². The monoisotopic (exact) mass is 477 g/mol. The van der Waals surface area contributed by atoms with Gasteiger partial charge in [0.2, 0.25) is 15.9 Å². The molecule has 2 bridgehead atoms. The number of aromatic nitrogens is 3. The smallest absolute Gasteiger partial charge is 0.336 e. The maximum atomic E-state index is 14.3. The highest BCUT2D eigenvalue weighted by Crippen LogP contribution is 2.50. The van der Waals surface area contributed by atoms with E-state index in [4.69, 9.17) is 0 Å². The van der Waals surface area contributed by atoms with E-state index in [1.807, 2.05) is 0 Å². The van der Waals surface area contributed by atoms with Crippen molar-refractivity contribution in [1.29, 1.82) is 5.26 Å². The van der Waals surface area contributed by atoms with E-state index < -0.39 is 38.5 Å². The van der Waals surface area contributed by atoms with Crippen LogP contribution in [0.25, 0.3) is 16.6 Å². The second kappa shape index (κ2) is 6.99. The highest BCUT2D eigenvalue weighted by molar-refractivity contribution is 7.89. The largest absolute Gasteiger partial charge is 0.493 e. The van der Waals surface area contributed by atoms with Crippen molar-refractivity contribution in [3.8, 4) is 17.6 Å². The van der Waals surface area contributed by atoms with Crippen molar-refractivity contribution in [2.24, 2.45) is 0 Å². The molecule has 2 atom stereocenters. The molecular weight excluding hydrogens is 461 g/mol. The van der Waals surface area contributed by atoms with Crippen molar-refractivity contribution < 1.29 is 17.9 Å². The van der Waals surface area contributed by atoms with Gasteiger partial charge in [0.25, 0.3) is 0 Å². The zero-order valence-electron chi connectivity index (χ0n) is 17.5. The van der Waals surface area contributed by atoms with Crippen LogP contribution in [0.4, 0.5) is 4.39 Å². The lowest BCUT2D eigenvalue weighted by Gasteiger charge is -2.27. The van der Waals surface area contributed by atoms with Gasteiger partial charge in [-0.2, -0.15) is 9.57 Å². The summed E-state index contributed by atoms with van der Waals surface area (Å²) in [4.78, 5) is 17.2. The minimum atomic E-state index is -4.20. The van der Waals surface area contributed by atoms with Gasteiger partial charge in [0.1, 0.15) is 22.5 Å². The van der Waals surface area contributed by atoms with Crippen molar-refractivity contribution in [1.82, 2.24) is 18.4 Å². The van der Waals surface area contributed by atoms with Crippen molar-refractivity contribution in [3.63, 3.8) is 0 Å². The van der Waals surface area contributed by atoms with E-state index in [0.29, 0.717) is 28.6 Å². The van der Waals surface area contributed by atoms with Gasteiger partial charge in [-0.25, -0.2) is 22.2 Å². The lowest BCUT2D eigenvalue weighted by Crippen LogP contribution is -2.38. The number of nitrogens with zero attached hydrogens (tertiary/aromatic N) is 5. The van der Waals surface area contributed by atoms with Gasteiger partial charge < -0.3 is 5.11 Å². The molecule has 2 aliphatic rings. The van der Waals surface area contributed by atoms with Crippen LogP contribution in [0.5, 0.6) is 5.88 Å². The molecule has 1 fully saturated rings. The Balaban J connectivity index is 1.52. The molecule has 2 unspecified atom stereocenters. The SMILES string of the molecule is N#Cc1ccc(-n2c(O)c3n(c2=O)C2CC3N(S(=O)(=O)c3ccccc3F)C2)c2cccnc12. The Kier molecular flexibility index (Phi) is 4.23. The predicted molar refractivity (Wildman–Crippen MR) is 118 cm³/mol. The molecule has 1 N–H and O–H groups in total. The predicted octanol–water partition coefficient (Wildman–Crippen LogP) is 2.59. The number of halogens is 1. The summed E-state index contributed by atoms with van der Waals surface area (Å²) < 4.78 is 44.5. The molecule has 9 nitrogen and oxygen atoms in total. The van der Waals surface area contributed by atoms with Crippen LogP contribution in [0.3, 0.4) is 0 Å². The molecule has 0 radical (unpaired) electrons. The molecule has 2 aromatic heterocycles. The lowest BCUT2D eigenvalue weighted by atomic mass is 10.1. The second-order valence-corrected chi connectivity index (χ2v) is 10.1. The van der Waals surface area contributed by atoms with Crippen LogP contribution in [0, 0.1) is 17.1 Å². The van der Waals surface area contributed by atoms with Gasteiger partial charge in [0.05, 0.1) is 28.9 Å². The highest BCUT2D eigenvalue weighted by atomic mass is 32.2. The van der Waals surface area contributed by atoms with E-state index in [0.717, 1.165) is 14.9 Å². The highest BCUT2D eigenvalue weighted by Gasteiger charge is 2.52. The molecule has 2 aliphatic heterocycles. The number of aromatic hydroxyl groups is 1. The normalized spacial score (nSPS) is 19.4. The molecule has 4 heterocycles. The van der Waals surface area contributed by atoms with Crippen LogP contribution in [0.1, 0.15) is 29.8 Å². The van der Waals surface area contributed by atoms with Crippen molar-refractivity contribution in [2.45, 2.75) is 23.4 Å². The fourth-order valence-corrected chi connectivity index (χ4v) is 6.82. The zero-order valence-corrected chi connectivity index (χ0v) is 18.3. The van der Waals surface area contributed by atoms with Crippen LogP contribution in [0.2, 0.25) is 0 Å². The van der Waals surface area contributed by atoms with Gasteiger partial charge in [-0.3, -0.25) is 9.55 Å². The summed E-state index contributed by atoms with van der Waals surface area (Å²) in [5, 5.41) is 21.1. The molecule has 4 aromatic rings. The number of pyridine rings is 1. The van der Waals surface area contributed by atoms with Gasteiger partial charge in [0.15, 0.2) is 0 Å². The Hall–Kier alpha value is -4.01. The first kappa shape index (κ1) is 20.6. The van der Waals surface area contributed by atoms with Gasteiger partial charge in [-0.15, -0.1) is 0 Å². The molecule has 1 saturated heterocycles. The van der Waals surface area contributed by atoms with Crippen LogP contribution < -0.4 is 5.69 Å². The Morgan fingerprint density at radius 1 is 1.15 bits per heavy atom. The molecule has 170 valence electrons. The van der Waals surface area contributed by atoms with E-state index >= 15 is 0 Å². The first-order valence-corrected chi connectivity index (χ1v) is 11.9. The lowest BCUT2D eigenvalue weighted by molar-refractivity contribution is 0.341. The number of benzene rings is 2. The Bertz CT molecular complexity index is 1720. The third-order valence-electron chi connectivity index (χ3n) is 6.54. The van der Waals surface area contributed by atoms with Gasteiger partial charge >= 0.3 is 5.69 Å². The number of hydrogen-bond donors (Lipinski definition) is 1. The minimum Gasteiger partial charge on any atom is -0.493 e. The second-order valence-electron chi connectivity index (χ2n) is 8.25. The topological polar surface area (TPSA) is 121 Å². The summed E-state index contributed by atoms with van der Waals surface area (Å²) >= 11 is 0. The first-order valence-electron chi connectivity index (χ1n) is 10.4. The van der Waals surface area contributed by atoms with Crippen LogP contribution in [-0.4, -0.2) is 38.5 Å². The number of sulfonamides is 1. The van der Waals surface area contributed by atoms with Gasteiger partial charge in [-0.1, -0.05) is 12.1 Å². The van der Waals surface area contributed by atoms with E-state index in [-0.39, 0.29) is 18.1 Å². The quantitative estimate of drug-likeness (QED) is 0.484. The molecular formula is C23H16FN5O4S. The van der Waals surface area contributed by atoms with Gasteiger partial charge in [-0.05, 0) is 42.8 Å². The van der Waals surface area contributed by atoms with Crippen LogP contribution >= 0.6 is 0 Å². The summed E-state index contributed by atoms with van der Waals surface area (Å²) in [7, 11) is -4.20. The van der Waals surface area contributed by atoms with E-state index in [2.05, 4.69) is 11.1 Å². The minimum absolute atomic E-state index is 0.00658. The fraction of sp³-hybridized carbons (Fsp3) is 0.174. The van der Waals surface area contributed by atoms with Gasteiger partial charge in [0, 0.05) is 18.1 Å². The standard InChI is InChI=1S/C23H16FN5O4S/c24-16-5-1-2-6-19(16)34(32,33)27-12-14-10-18(27)21-22(30)29(23(31)28(14)21)17-8-7-13(11-25)20-15(17)4-3-9-26-20/h1-9,14,18,30H,10,12H2. The average molecular weight is 477 g/mol. The first-order chi connectivity index (χ1) is 16.3. The molecule has 34 heavy (non-hydrogen) atoms. The Morgan fingerprint density at radius 3 is 2.71 bits per heavy atom. The number of imidazole rings is 1. The summed E-state index contributed by atoms with van der Waals surface area (Å²) in [6, 6.07) is 12.3. The van der Waals surface area contributed by atoms with Crippen LogP contribution in [0.15, 0.2) is 64.4 Å². The van der Waals surface area contributed by atoms with E-state index in [9.17, 15) is 28.0 Å². The molecule has 0 spiro atoms. The molecule has 0 saturated carbocycles. The summed E-state index contributed by atoms with van der Waals surface area (Å²) in [5.74, 6) is -1.25. The van der Waals surface area contributed by atoms with Crippen molar-refractivity contribution >= 4 is 20.9 Å². The maximum absolute atomic E-state index is 14.3. The summed E-state index contributed by atoms with van der Waals surface area (Å²) in [6.07, 6.45) is 1.84. The number of nitriles is 1. The number of hydrogen-bond acceptors (Lipinski definition) is 6. The Morgan fingerprint density at radius 2 is 1.94 bits per heavy atom. The number of rotatable bonds is 3. The van der Waals surface area contributed by atoms with Crippen molar-refractivity contribution in [2.75, 3.05) is 6.54 Å². The average Bonchev–Trinajstić information content (AvgIpc) is 3.50. The van der Waals surface area contributed by atoms with Crippen molar-refractivity contribution in [3.05, 3.63) is 82.3 Å². The Labute approximate surface area is 192 Å². The molecule has 0 amide bonds. The molecule has 6 rings (SSSR count). The van der Waals surface area contributed by atoms with E-state index in [1.165, 1.54) is 35.0 Å². The summed E-state index contributed by atoms with van der Waals surface area (Å²) in [6.45, 7) is -0.00658. The fourth-order valence-electron chi connectivity index (χ4n) is 5.11. The zero-order chi connectivity index (χ0) is 23.8. The third kappa shape index (κ3) is 2.57. The maximum Gasteiger partial charge on any atom is 0.336 e. The molecule has 2 aromatic carbocycles. The third-order valence-corrected chi connectivity index (χ3v) is 8.45. The molecule has 11 heteroatoms. The van der Waals surface area contributed by atoms with E-state index in [1.54, 1.807) is 18.2 Å². The number of fused-ring (bicyclic) bond motifs is 6. The summed E-state index contributed by atoms with van der Waals surface area (Å²) in [5.41, 5.74) is 0.683. The molecule has 0 aliphatic carbocycles.